The van der Waals surface area contributed by atoms with Crippen molar-refractivity contribution in [3.63, 3.8) is 0 Å². The first-order valence-electron chi connectivity index (χ1n) is 10.6. The number of sulfonamides is 1. The predicted molar refractivity (Wildman–Crippen MR) is 117 cm³/mol. The van der Waals surface area contributed by atoms with Gasteiger partial charge < -0.3 is 5.32 Å². The number of fused-ring (bicyclic) bond motifs is 1. The summed E-state index contributed by atoms with van der Waals surface area (Å²) in [5, 5.41) is 2.69. The summed E-state index contributed by atoms with van der Waals surface area (Å²) in [5.74, 6) is -1.44. The van der Waals surface area contributed by atoms with Crippen molar-refractivity contribution in [2.24, 2.45) is 11.8 Å². The third kappa shape index (κ3) is 4.57. The van der Waals surface area contributed by atoms with Gasteiger partial charge in [0.25, 0.3) is 0 Å². The molecule has 1 fully saturated rings. The molecule has 8 nitrogen and oxygen atoms in total. The SMILES string of the molecule is CCN(CC)S(=O)(=O)c1cc(NC(=O)CCN2C(=O)[C@@H]3CC=CC[C@H]3C2=O)ccc1C. The number of hydrogen-bond acceptors (Lipinski definition) is 5. The van der Waals surface area contributed by atoms with Gasteiger partial charge in [0, 0.05) is 31.7 Å². The second kappa shape index (κ2) is 9.32. The van der Waals surface area contributed by atoms with Crippen molar-refractivity contribution in [1.82, 2.24) is 9.21 Å². The lowest BCUT2D eigenvalue weighted by Crippen LogP contribution is -2.34. The normalized spacial score (nSPS) is 21.0. The van der Waals surface area contributed by atoms with E-state index in [0.29, 0.717) is 37.2 Å². The molecule has 1 saturated heterocycles. The fourth-order valence-electron chi connectivity index (χ4n) is 4.18. The zero-order valence-corrected chi connectivity index (χ0v) is 18.9. The molecule has 2 aliphatic rings. The van der Waals surface area contributed by atoms with Gasteiger partial charge in [0.2, 0.25) is 27.7 Å². The Morgan fingerprint density at radius 2 is 1.68 bits per heavy atom. The van der Waals surface area contributed by atoms with Crippen LogP contribution < -0.4 is 5.32 Å². The molecule has 1 aliphatic carbocycles. The lowest BCUT2D eigenvalue weighted by Gasteiger charge is -2.20. The minimum absolute atomic E-state index is 0.0208. The molecule has 0 bridgehead atoms. The van der Waals surface area contributed by atoms with Crippen molar-refractivity contribution in [2.75, 3.05) is 25.0 Å². The largest absolute Gasteiger partial charge is 0.326 e. The molecule has 0 saturated carbocycles. The quantitative estimate of drug-likeness (QED) is 0.486. The van der Waals surface area contributed by atoms with Gasteiger partial charge in [0.1, 0.15) is 0 Å². The van der Waals surface area contributed by atoms with Crippen molar-refractivity contribution in [3.05, 3.63) is 35.9 Å². The van der Waals surface area contributed by atoms with E-state index in [1.807, 2.05) is 12.2 Å². The van der Waals surface area contributed by atoms with E-state index in [1.54, 1.807) is 32.9 Å². The average molecular weight is 448 g/mol. The zero-order valence-electron chi connectivity index (χ0n) is 18.1. The van der Waals surface area contributed by atoms with E-state index < -0.39 is 10.0 Å². The first kappa shape index (κ1) is 23.1. The second-order valence-corrected chi connectivity index (χ2v) is 9.76. The highest BCUT2D eigenvalue weighted by Gasteiger charge is 2.46. The molecule has 31 heavy (non-hydrogen) atoms. The number of allylic oxidation sites excluding steroid dienone is 2. The first-order valence-corrected chi connectivity index (χ1v) is 12.1. The summed E-state index contributed by atoms with van der Waals surface area (Å²) in [5.41, 5.74) is 0.952. The Hall–Kier alpha value is -2.52. The Morgan fingerprint density at radius 1 is 1.10 bits per heavy atom. The molecule has 1 aromatic rings. The number of aryl methyl sites for hydroxylation is 1. The second-order valence-electron chi connectivity index (χ2n) is 7.85. The molecule has 1 aromatic carbocycles. The van der Waals surface area contributed by atoms with Gasteiger partial charge in [-0.1, -0.05) is 32.1 Å². The summed E-state index contributed by atoms with van der Waals surface area (Å²) in [7, 11) is -3.66. The van der Waals surface area contributed by atoms with Crippen LogP contribution in [-0.2, 0) is 24.4 Å². The Morgan fingerprint density at radius 3 is 2.23 bits per heavy atom. The van der Waals surface area contributed by atoms with E-state index in [9.17, 15) is 22.8 Å². The van der Waals surface area contributed by atoms with Crippen molar-refractivity contribution >= 4 is 33.4 Å². The summed E-state index contributed by atoms with van der Waals surface area (Å²) in [6, 6.07) is 4.74. The van der Waals surface area contributed by atoms with E-state index in [4.69, 9.17) is 0 Å². The number of rotatable bonds is 8. The number of anilines is 1. The monoisotopic (exact) mass is 447 g/mol. The van der Waals surface area contributed by atoms with Gasteiger partial charge in [0.15, 0.2) is 0 Å². The molecule has 3 rings (SSSR count). The first-order chi connectivity index (χ1) is 14.7. The maximum atomic E-state index is 12.9. The van der Waals surface area contributed by atoms with Gasteiger partial charge in [-0.25, -0.2) is 8.42 Å². The molecule has 2 atom stereocenters. The predicted octanol–water partition coefficient (Wildman–Crippen LogP) is 2.31. The fraction of sp³-hybridized carbons (Fsp3) is 0.500. The molecule has 1 N–H and O–H groups in total. The highest BCUT2D eigenvalue weighted by atomic mass is 32.2. The highest BCUT2D eigenvalue weighted by molar-refractivity contribution is 7.89. The zero-order chi connectivity index (χ0) is 22.8. The number of hydrogen-bond donors (Lipinski definition) is 1. The van der Waals surface area contributed by atoms with Crippen LogP contribution in [0.2, 0.25) is 0 Å². The lowest BCUT2D eigenvalue weighted by atomic mass is 9.85. The van der Waals surface area contributed by atoms with Crippen LogP contribution in [-0.4, -0.2) is 55.0 Å². The highest BCUT2D eigenvalue weighted by Crippen LogP contribution is 2.35. The van der Waals surface area contributed by atoms with Gasteiger partial charge in [-0.3, -0.25) is 19.3 Å². The Labute approximate surface area is 183 Å². The molecule has 1 heterocycles. The third-order valence-corrected chi connectivity index (χ3v) is 8.15. The van der Waals surface area contributed by atoms with Crippen LogP contribution in [0.3, 0.4) is 0 Å². The molecule has 9 heteroatoms. The standard InChI is InChI=1S/C22H29N3O5S/c1-4-24(5-2)31(29,30)19-14-16(11-10-15(19)3)23-20(26)12-13-25-21(27)17-8-6-7-9-18(17)22(25)28/h6-7,10-11,14,17-18H,4-5,8-9,12-13H2,1-3H3,(H,23,26)/t17-,18-/m1/s1. The van der Waals surface area contributed by atoms with E-state index in [-0.39, 0.29) is 47.4 Å². The number of amides is 3. The molecule has 0 spiro atoms. The van der Waals surface area contributed by atoms with Crippen LogP contribution >= 0.6 is 0 Å². The summed E-state index contributed by atoms with van der Waals surface area (Å²) in [6.07, 6.45) is 4.92. The van der Waals surface area contributed by atoms with E-state index in [1.165, 1.54) is 15.3 Å². The molecular weight excluding hydrogens is 418 g/mol. The molecule has 1 aliphatic heterocycles. The Balaban J connectivity index is 1.66. The summed E-state index contributed by atoms with van der Waals surface area (Å²) in [6.45, 7) is 5.98. The molecule has 0 aromatic heterocycles. The van der Waals surface area contributed by atoms with Crippen LogP contribution in [0.1, 0.15) is 38.7 Å². The minimum Gasteiger partial charge on any atom is -0.326 e. The smallest absolute Gasteiger partial charge is 0.243 e. The molecule has 168 valence electrons. The summed E-state index contributed by atoms with van der Waals surface area (Å²) >= 11 is 0. The number of carbonyl (C=O) groups excluding carboxylic acids is 3. The molecule has 0 unspecified atom stereocenters. The van der Waals surface area contributed by atoms with Gasteiger partial charge >= 0.3 is 0 Å². The number of benzene rings is 1. The number of nitrogens with one attached hydrogen (secondary N) is 1. The minimum atomic E-state index is -3.66. The topological polar surface area (TPSA) is 104 Å². The van der Waals surface area contributed by atoms with Crippen LogP contribution in [0.5, 0.6) is 0 Å². The van der Waals surface area contributed by atoms with Crippen molar-refractivity contribution in [2.45, 2.75) is 44.9 Å². The van der Waals surface area contributed by atoms with Gasteiger partial charge in [-0.2, -0.15) is 4.31 Å². The Kier molecular flexibility index (Phi) is 6.96. The van der Waals surface area contributed by atoms with E-state index in [0.717, 1.165) is 0 Å². The van der Waals surface area contributed by atoms with Gasteiger partial charge in [-0.05, 0) is 37.5 Å². The molecule has 0 radical (unpaired) electrons. The average Bonchev–Trinajstić information content (AvgIpc) is 2.99. The van der Waals surface area contributed by atoms with Crippen molar-refractivity contribution < 1.29 is 22.8 Å². The van der Waals surface area contributed by atoms with Gasteiger partial charge in [-0.15, -0.1) is 0 Å². The molecule has 3 amide bonds. The van der Waals surface area contributed by atoms with Crippen LogP contribution in [0, 0.1) is 18.8 Å². The fourth-order valence-corrected chi connectivity index (χ4v) is 5.89. The Bertz CT molecular complexity index is 988. The summed E-state index contributed by atoms with van der Waals surface area (Å²) in [4.78, 5) is 38.8. The van der Waals surface area contributed by atoms with Crippen LogP contribution in [0.4, 0.5) is 5.69 Å². The third-order valence-electron chi connectivity index (χ3n) is 5.96. The van der Waals surface area contributed by atoms with Crippen molar-refractivity contribution in [1.29, 1.82) is 0 Å². The van der Waals surface area contributed by atoms with Crippen molar-refractivity contribution in [3.8, 4) is 0 Å². The number of nitrogens with zero attached hydrogens (tertiary/aromatic N) is 2. The lowest BCUT2D eigenvalue weighted by molar-refractivity contribution is -0.140. The van der Waals surface area contributed by atoms with E-state index >= 15 is 0 Å². The van der Waals surface area contributed by atoms with Crippen LogP contribution in [0.15, 0.2) is 35.2 Å². The van der Waals surface area contributed by atoms with Gasteiger partial charge in [0.05, 0.1) is 16.7 Å². The number of carbonyl (C=O) groups is 3. The van der Waals surface area contributed by atoms with E-state index in [2.05, 4.69) is 5.32 Å². The maximum Gasteiger partial charge on any atom is 0.243 e. The maximum absolute atomic E-state index is 12.9. The summed E-state index contributed by atoms with van der Waals surface area (Å²) < 4.78 is 27.1. The number of imide groups is 1. The molecular formula is C22H29N3O5S. The number of likely N-dealkylation sites (tertiary alicyclic amines) is 1. The van der Waals surface area contributed by atoms with Crippen LogP contribution in [0.25, 0.3) is 0 Å².